The summed E-state index contributed by atoms with van der Waals surface area (Å²) < 4.78 is 20.1. The predicted octanol–water partition coefficient (Wildman–Crippen LogP) is 2.37. The molecule has 11 nitrogen and oxygen atoms in total. The molecule has 3 unspecified atom stereocenters. The number of benzene rings is 1. The highest BCUT2D eigenvalue weighted by atomic mass is 16.8. The van der Waals surface area contributed by atoms with Gasteiger partial charge in [0.25, 0.3) is 5.91 Å². The minimum Gasteiger partial charge on any atom is -0.595 e. The van der Waals surface area contributed by atoms with Crippen molar-refractivity contribution in [1.82, 2.24) is 9.47 Å². The largest absolute Gasteiger partial charge is 0.595 e. The first-order valence-electron chi connectivity index (χ1n) is 14.8. The lowest BCUT2D eigenvalue weighted by Crippen LogP contribution is -3.00. The van der Waals surface area contributed by atoms with Gasteiger partial charge in [0.1, 0.15) is 22.7 Å². The predicted molar refractivity (Wildman–Crippen MR) is 152 cm³/mol. The molecule has 222 valence electrons. The van der Waals surface area contributed by atoms with Gasteiger partial charge in [-0.25, -0.2) is 10.0 Å². The number of aromatic nitrogens is 1. The summed E-state index contributed by atoms with van der Waals surface area (Å²) in [6.45, 7) is 5.13. The Morgan fingerprint density at radius 2 is 1.90 bits per heavy atom. The van der Waals surface area contributed by atoms with E-state index in [9.17, 15) is 24.8 Å². The molecule has 3 aliphatic heterocycles. The fourth-order valence-corrected chi connectivity index (χ4v) is 7.37. The number of carbonyl (C=O) groups is 1. The Bertz CT molecular complexity index is 1720. The number of hydrogen-bond donors (Lipinski definition) is 2. The van der Waals surface area contributed by atoms with Crippen molar-refractivity contribution in [1.29, 1.82) is 0 Å². The average molecular weight is 578 g/mol. The number of carbonyl (C=O) groups excluding carboxylic acids is 1. The fraction of sp³-hybridized carbons (Fsp3) is 0.516. The maximum atomic E-state index is 13.5. The molecule has 1 saturated heterocycles. The number of aryl methyl sites for hydroxylation is 2. The van der Waals surface area contributed by atoms with Crippen LogP contribution in [0.3, 0.4) is 0 Å². The molecule has 1 amide bonds. The van der Waals surface area contributed by atoms with Crippen LogP contribution in [0, 0.1) is 11.1 Å². The van der Waals surface area contributed by atoms with Gasteiger partial charge in [-0.15, -0.1) is 0 Å². The summed E-state index contributed by atoms with van der Waals surface area (Å²) in [5, 5.41) is 20.4. The van der Waals surface area contributed by atoms with Crippen LogP contribution in [0.2, 0.25) is 0 Å². The van der Waals surface area contributed by atoms with E-state index in [1.165, 1.54) is 6.07 Å². The number of hydrogen-bond acceptors (Lipinski definition) is 8. The molecule has 1 fully saturated rings. The van der Waals surface area contributed by atoms with Gasteiger partial charge in [-0.3, -0.25) is 9.59 Å². The van der Waals surface area contributed by atoms with E-state index in [-0.39, 0.29) is 41.3 Å². The van der Waals surface area contributed by atoms with Crippen molar-refractivity contribution in [3.8, 4) is 11.5 Å². The topological polar surface area (TPSA) is 139 Å². The third kappa shape index (κ3) is 4.50. The zero-order valence-electron chi connectivity index (χ0n) is 23.9. The molecule has 2 aromatic heterocycles. The summed E-state index contributed by atoms with van der Waals surface area (Å²) in [5.74, 6) is 0.936. The molecule has 1 aromatic carbocycles. The van der Waals surface area contributed by atoms with E-state index >= 15 is 0 Å². The van der Waals surface area contributed by atoms with Crippen LogP contribution in [-0.4, -0.2) is 45.9 Å². The van der Waals surface area contributed by atoms with Gasteiger partial charge in [-0.2, -0.15) is 5.23 Å². The zero-order valence-corrected chi connectivity index (χ0v) is 23.9. The number of quaternary nitrogens is 1. The minimum absolute atomic E-state index is 0.0449. The van der Waals surface area contributed by atoms with Crippen LogP contribution in [0.5, 0.6) is 11.5 Å². The maximum Gasteiger partial charge on any atom is 0.339 e. The molecule has 7 rings (SSSR count). The smallest absolute Gasteiger partial charge is 0.339 e. The fourth-order valence-electron chi connectivity index (χ4n) is 7.37. The Kier molecular flexibility index (Phi) is 6.45. The summed E-state index contributed by atoms with van der Waals surface area (Å²) in [6.07, 6.45) is 5.67. The second kappa shape index (κ2) is 9.96. The lowest BCUT2D eigenvalue weighted by molar-refractivity contribution is -0.992. The molecule has 3 aromatic rings. The van der Waals surface area contributed by atoms with E-state index in [2.05, 4.69) is 0 Å². The number of piperidine rings is 1. The highest BCUT2D eigenvalue weighted by Crippen LogP contribution is 2.44. The molecule has 42 heavy (non-hydrogen) atoms. The number of likely N-dealkylation sites (tertiary alicyclic amines) is 1. The summed E-state index contributed by atoms with van der Waals surface area (Å²) in [4.78, 5) is 41.1. The maximum absolute atomic E-state index is 13.5. The summed E-state index contributed by atoms with van der Waals surface area (Å²) >= 11 is 0. The Morgan fingerprint density at radius 1 is 1.12 bits per heavy atom. The Hall–Kier alpha value is -3.67. The molecular weight excluding hydrogens is 542 g/mol. The standard InChI is InChI=1S/C31H35N3O8/c1-31(2)10-9-21-24(42-31)12-25(27-19-5-3-4-6-20(19)30(37)41-28(21)27)40-16-26(35)32-13-17-11-18(15-32)22-7-8-23(34(38)39)29(36)33(22)14-17/h7-8,12,17-18,34,38H,3-6,9-11,13-16H2,1-2H3. The number of amides is 1. The Balaban J connectivity index is 1.18. The van der Waals surface area contributed by atoms with Gasteiger partial charge in [0.2, 0.25) is 5.69 Å². The number of pyridine rings is 1. The van der Waals surface area contributed by atoms with Gasteiger partial charge in [-0.05, 0) is 76.3 Å². The first-order chi connectivity index (χ1) is 20.1. The first-order valence-corrected chi connectivity index (χ1v) is 14.8. The number of rotatable bonds is 4. The SMILES string of the molecule is CC1(C)CCc2c(cc(OCC(=O)N3CC4CC(C3)c3ccc([NH+]([O-])O)c(=O)n3C4)c3c4c(c(=O)oc23)CCCC4)O1. The minimum atomic E-state index is -1.23. The van der Waals surface area contributed by atoms with Crippen LogP contribution in [0.4, 0.5) is 5.69 Å². The normalized spacial score (nSPS) is 22.9. The molecular formula is C31H35N3O8. The molecule has 5 heterocycles. The summed E-state index contributed by atoms with van der Waals surface area (Å²) in [5.41, 5.74) is 2.40. The molecule has 2 bridgehead atoms. The van der Waals surface area contributed by atoms with Crippen molar-refractivity contribution in [3.05, 3.63) is 66.6 Å². The molecule has 1 aliphatic carbocycles. The van der Waals surface area contributed by atoms with Crippen LogP contribution in [0.15, 0.2) is 32.2 Å². The van der Waals surface area contributed by atoms with Crippen LogP contribution in [0.1, 0.15) is 67.8 Å². The highest BCUT2D eigenvalue weighted by molar-refractivity contribution is 5.93. The average Bonchev–Trinajstić information content (AvgIpc) is 2.95. The second-order valence-corrected chi connectivity index (χ2v) is 12.7. The molecule has 0 saturated carbocycles. The molecule has 0 radical (unpaired) electrons. The van der Waals surface area contributed by atoms with Crippen LogP contribution in [0.25, 0.3) is 11.0 Å². The van der Waals surface area contributed by atoms with Gasteiger partial charge < -0.3 is 28.6 Å². The molecule has 3 atom stereocenters. The highest BCUT2D eigenvalue weighted by Gasteiger charge is 2.38. The Labute approximate surface area is 241 Å². The lowest BCUT2D eigenvalue weighted by atomic mass is 9.83. The van der Waals surface area contributed by atoms with Crippen molar-refractivity contribution in [2.75, 3.05) is 19.7 Å². The van der Waals surface area contributed by atoms with Crippen molar-refractivity contribution in [3.63, 3.8) is 0 Å². The number of fused-ring (bicyclic) bond motifs is 9. The van der Waals surface area contributed by atoms with Gasteiger partial charge >= 0.3 is 11.2 Å². The van der Waals surface area contributed by atoms with Crippen LogP contribution < -0.4 is 25.9 Å². The van der Waals surface area contributed by atoms with Crippen LogP contribution >= 0.6 is 0 Å². The van der Waals surface area contributed by atoms with Gasteiger partial charge in [0, 0.05) is 54.5 Å². The summed E-state index contributed by atoms with van der Waals surface area (Å²) in [6, 6.07) is 4.92. The van der Waals surface area contributed by atoms with Gasteiger partial charge in [-0.1, -0.05) is 0 Å². The van der Waals surface area contributed by atoms with Gasteiger partial charge in [0.05, 0.1) is 5.39 Å². The van der Waals surface area contributed by atoms with E-state index in [0.29, 0.717) is 48.7 Å². The number of nitrogens with one attached hydrogen (secondary N) is 1. The van der Waals surface area contributed by atoms with Crippen molar-refractivity contribution in [2.24, 2.45) is 5.92 Å². The molecule has 2 N–H and O–H groups in total. The van der Waals surface area contributed by atoms with E-state index < -0.39 is 10.8 Å². The van der Waals surface area contributed by atoms with Crippen molar-refractivity contribution in [2.45, 2.75) is 76.9 Å². The van der Waals surface area contributed by atoms with E-state index in [1.54, 1.807) is 15.5 Å². The van der Waals surface area contributed by atoms with Crippen LogP contribution in [-0.2, 0) is 30.6 Å². The van der Waals surface area contributed by atoms with E-state index in [4.69, 9.17) is 13.9 Å². The van der Waals surface area contributed by atoms with E-state index in [0.717, 1.165) is 60.7 Å². The monoisotopic (exact) mass is 577 g/mol. The van der Waals surface area contributed by atoms with Gasteiger partial charge in [0.15, 0.2) is 6.61 Å². The Morgan fingerprint density at radius 3 is 2.69 bits per heavy atom. The quantitative estimate of drug-likeness (QED) is 0.356. The molecule has 0 spiro atoms. The van der Waals surface area contributed by atoms with E-state index in [1.807, 2.05) is 19.9 Å². The lowest BCUT2D eigenvalue weighted by Gasteiger charge is -2.42. The molecule has 4 aliphatic rings. The second-order valence-electron chi connectivity index (χ2n) is 12.7. The third-order valence-corrected chi connectivity index (χ3v) is 9.42. The summed E-state index contributed by atoms with van der Waals surface area (Å²) in [7, 11) is 0. The number of ether oxygens (including phenoxy) is 2. The number of nitrogens with zero attached hydrogens (tertiary/aromatic N) is 2. The third-order valence-electron chi connectivity index (χ3n) is 9.42. The first kappa shape index (κ1) is 27.2. The molecule has 11 heteroatoms. The van der Waals surface area contributed by atoms with Crippen molar-refractivity contribution < 1.29 is 29.1 Å². The zero-order chi connectivity index (χ0) is 29.3. The van der Waals surface area contributed by atoms with Crippen molar-refractivity contribution >= 4 is 22.6 Å².